The lowest BCUT2D eigenvalue weighted by molar-refractivity contribution is -0.107. The molecule has 44 valence electrons. The monoisotopic (exact) mass is 122 g/mol. The van der Waals surface area contributed by atoms with E-state index in [2.05, 4.69) is 6.58 Å². The highest BCUT2D eigenvalue weighted by Gasteiger charge is 1.74. The molecule has 0 N–H and O–H groups in total. The van der Waals surface area contributed by atoms with Crippen LogP contribution >= 0.6 is 11.6 Å². The summed E-state index contributed by atoms with van der Waals surface area (Å²) in [6.45, 7) is 3.08. The fourth-order valence-corrected chi connectivity index (χ4v) is 0. The van der Waals surface area contributed by atoms with Gasteiger partial charge in [0.2, 0.25) is 5.24 Å². The van der Waals surface area contributed by atoms with E-state index in [0.717, 1.165) is 6.08 Å². The average molecular weight is 123 g/mol. The van der Waals surface area contributed by atoms with Crippen LogP contribution in [0.1, 0.15) is 14.9 Å². The van der Waals surface area contributed by atoms with Crippen molar-refractivity contribution in [3.63, 3.8) is 0 Å². The lowest BCUT2D eigenvalue weighted by Crippen LogP contribution is -1.67. The number of hydrogen-bond acceptors (Lipinski definition) is 1. The summed E-state index contributed by atoms with van der Waals surface area (Å²) in [5.41, 5.74) is 0. The minimum Gasteiger partial charge on any atom is -0.276 e. The van der Waals surface area contributed by atoms with Gasteiger partial charge in [0.1, 0.15) is 0 Å². The number of hydrogen-bond donors (Lipinski definition) is 0. The first-order valence-corrected chi connectivity index (χ1v) is 1.47. The Kier molecular flexibility index (Phi) is 20.9. The number of halogens is 1. The van der Waals surface area contributed by atoms with Crippen LogP contribution in [0.15, 0.2) is 12.7 Å². The smallest absolute Gasteiger partial charge is 0.244 e. The molecule has 0 aromatic rings. The molecule has 1 nitrogen and oxygen atoms in total. The summed E-state index contributed by atoms with van der Waals surface area (Å²) in [6, 6.07) is 0. The third-order valence-corrected chi connectivity index (χ3v) is 0.315. The van der Waals surface area contributed by atoms with Crippen LogP contribution in [0.4, 0.5) is 0 Å². The van der Waals surface area contributed by atoms with Crippen LogP contribution in [0.25, 0.3) is 0 Å². The molecule has 0 radical (unpaired) electrons. The topological polar surface area (TPSA) is 17.1 Å². The van der Waals surface area contributed by atoms with Gasteiger partial charge in [0.25, 0.3) is 0 Å². The molecule has 0 amide bonds. The highest BCUT2D eigenvalue weighted by atomic mass is 35.5. The van der Waals surface area contributed by atoms with Crippen LogP contribution in [0.3, 0.4) is 0 Å². The summed E-state index contributed by atoms with van der Waals surface area (Å²) < 4.78 is 0. The largest absolute Gasteiger partial charge is 0.276 e. The Hall–Kier alpha value is -0.300. The van der Waals surface area contributed by atoms with Crippen LogP contribution in [-0.4, -0.2) is 5.24 Å². The first-order valence-electron chi connectivity index (χ1n) is 1.09. The summed E-state index contributed by atoms with van der Waals surface area (Å²) >= 11 is 4.71. The molecular formula is C5H11ClO. The van der Waals surface area contributed by atoms with Crippen molar-refractivity contribution in [3.8, 4) is 0 Å². The molecule has 0 aromatic heterocycles. The van der Waals surface area contributed by atoms with E-state index in [1.807, 2.05) is 0 Å². The first kappa shape index (κ1) is 15.9. The van der Waals surface area contributed by atoms with E-state index >= 15 is 0 Å². The minimum absolute atomic E-state index is 0. The maximum absolute atomic E-state index is 9.46. The minimum atomic E-state index is -0.509. The molecule has 7 heavy (non-hydrogen) atoms. The van der Waals surface area contributed by atoms with E-state index in [1.165, 1.54) is 0 Å². The second-order valence-electron chi connectivity index (χ2n) is 0.508. The van der Waals surface area contributed by atoms with Crippen molar-refractivity contribution < 1.29 is 4.79 Å². The van der Waals surface area contributed by atoms with Crippen molar-refractivity contribution in [2.24, 2.45) is 0 Å². The normalized spacial score (nSPS) is 4.71. The molecule has 0 aliphatic heterocycles. The van der Waals surface area contributed by atoms with Gasteiger partial charge in [-0.2, -0.15) is 0 Å². The Bertz CT molecular complexity index is 59.1. The van der Waals surface area contributed by atoms with Crippen molar-refractivity contribution in [3.05, 3.63) is 12.7 Å². The van der Waals surface area contributed by atoms with E-state index in [0.29, 0.717) is 0 Å². The fourth-order valence-electron chi connectivity index (χ4n) is 0. The SMILES string of the molecule is C.C.C=CC(=O)Cl. The maximum Gasteiger partial charge on any atom is 0.244 e. The number of carbonyl (C=O) groups excluding carboxylic acids is 1. The van der Waals surface area contributed by atoms with Gasteiger partial charge >= 0.3 is 0 Å². The number of carbonyl (C=O) groups is 1. The van der Waals surface area contributed by atoms with Crippen molar-refractivity contribution in [2.75, 3.05) is 0 Å². The lowest BCUT2D eigenvalue weighted by atomic mass is 10.7. The van der Waals surface area contributed by atoms with Crippen LogP contribution < -0.4 is 0 Å². The van der Waals surface area contributed by atoms with Crippen LogP contribution in [0, 0.1) is 0 Å². The summed E-state index contributed by atoms with van der Waals surface area (Å²) in [5.74, 6) is 0. The third-order valence-electron chi connectivity index (χ3n) is 0.160. The molecule has 0 rings (SSSR count). The van der Waals surface area contributed by atoms with Gasteiger partial charge in [0.05, 0.1) is 0 Å². The van der Waals surface area contributed by atoms with E-state index in [1.54, 1.807) is 0 Å². The molecule has 0 unspecified atom stereocenters. The van der Waals surface area contributed by atoms with Crippen molar-refractivity contribution in [2.45, 2.75) is 14.9 Å². The molecule has 0 aliphatic carbocycles. The quantitative estimate of drug-likeness (QED) is 0.385. The van der Waals surface area contributed by atoms with Crippen molar-refractivity contribution in [1.29, 1.82) is 0 Å². The molecule has 2 heteroatoms. The van der Waals surface area contributed by atoms with Gasteiger partial charge in [-0.25, -0.2) is 0 Å². The van der Waals surface area contributed by atoms with E-state index in [-0.39, 0.29) is 14.9 Å². The summed E-state index contributed by atoms with van der Waals surface area (Å²) in [6.07, 6.45) is 1.04. The standard InChI is InChI=1S/C3H3ClO.2CH4/c1-2-3(4)5;;/h2H,1H2;2*1H4. The van der Waals surface area contributed by atoms with Crippen LogP contribution in [0.2, 0.25) is 0 Å². The summed E-state index contributed by atoms with van der Waals surface area (Å²) in [5, 5.41) is -0.509. The first-order chi connectivity index (χ1) is 2.27. The number of rotatable bonds is 1. The highest BCUT2D eigenvalue weighted by molar-refractivity contribution is 6.66. The Balaban J connectivity index is -0.0000000800. The summed E-state index contributed by atoms with van der Waals surface area (Å²) in [4.78, 5) is 9.46. The van der Waals surface area contributed by atoms with Gasteiger partial charge in [-0.3, -0.25) is 4.79 Å². The highest BCUT2D eigenvalue weighted by Crippen LogP contribution is 1.74. The zero-order chi connectivity index (χ0) is 4.28. The van der Waals surface area contributed by atoms with E-state index in [9.17, 15) is 4.79 Å². The molecule has 0 atom stereocenters. The molecule has 0 heterocycles. The molecule has 0 saturated carbocycles. The van der Waals surface area contributed by atoms with Gasteiger partial charge in [-0.05, 0) is 17.7 Å². The molecule has 0 aliphatic rings. The van der Waals surface area contributed by atoms with Crippen molar-refractivity contribution in [1.82, 2.24) is 0 Å². The fraction of sp³-hybridized carbons (Fsp3) is 0.400. The van der Waals surface area contributed by atoms with Gasteiger partial charge in [-0.15, -0.1) is 0 Å². The Morgan fingerprint density at radius 3 is 1.71 bits per heavy atom. The number of allylic oxidation sites excluding steroid dienone is 1. The maximum atomic E-state index is 9.46. The Morgan fingerprint density at radius 2 is 1.71 bits per heavy atom. The Morgan fingerprint density at radius 1 is 1.57 bits per heavy atom. The molecule has 0 fully saturated rings. The zero-order valence-electron chi connectivity index (χ0n) is 2.57. The average Bonchev–Trinajstić information content (AvgIpc) is 1.38. The second-order valence-corrected chi connectivity index (χ2v) is 0.881. The van der Waals surface area contributed by atoms with Gasteiger partial charge in [0.15, 0.2) is 0 Å². The predicted octanol–water partition coefficient (Wildman–Crippen LogP) is 2.21. The third kappa shape index (κ3) is 27.0. The molecule has 0 aromatic carbocycles. The zero-order valence-corrected chi connectivity index (χ0v) is 3.33. The predicted molar refractivity (Wildman–Crippen MR) is 34.5 cm³/mol. The van der Waals surface area contributed by atoms with E-state index in [4.69, 9.17) is 11.6 Å². The molecule has 0 bridgehead atoms. The summed E-state index contributed by atoms with van der Waals surface area (Å²) in [7, 11) is 0. The molecule has 0 spiro atoms. The Labute approximate surface area is 50.0 Å². The van der Waals surface area contributed by atoms with Crippen LogP contribution in [-0.2, 0) is 4.79 Å². The van der Waals surface area contributed by atoms with Gasteiger partial charge in [0, 0.05) is 0 Å². The van der Waals surface area contributed by atoms with E-state index < -0.39 is 5.24 Å². The second kappa shape index (κ2) is 9.20. The molecule has 0 saturated heterocycles. The van der Waals surface area contributed by atoms with Crippen LogP contribution in [0.5, 0.6) is 0 Å². The van der Waals surface area contributed by atoms with Crippen molar-refractivity contribution >= 4 is 16.8 Å². The lowest BCUT2D eigenvalue weighted by Gasteiger charge is -1.59. The molecular weight excluding hydrogens is 112 g/mol. The van der Waals surface area contributed by atoms with Gasteiger partial charge in [-0.1, -0.05) is 21.4 Å². The van der Waals surface area contributed by atoms with Gasteiger partial charge < -0.3 is 0 Å².